The smallest absolute Gasteiger partial charge is 0.252 e. The second kappa shape index (κ2) is 2.51. The van der Waals surface area contributed by atoms with Crippen LogP contribution in [0.2, 0.25) is 0 Å². The van der Waals surface area contributed by atoms with Crippen molar-refractivity contribution in [3.05, 3.63) is 35.9 Å². The van der Waals surface area contributed by atoms with Crippen molar-refractivity contribution in [2.24, 2.45) is 5.73 Å². The molecule has 0 radical (unpaired) electrons. The Balaban J connectivity index is 2.21. The number of hydrogen-bond acceptors (Lipinski definition) is 1. The van der Waals surface area contributed by atoms with Crippen molar-refractivity contribution >= 4 is 0 Å². The molecule has 0 aliphatic heterocycles. The van der Waals surface area contributed by atoms with Crippen molar-refractivity contribution in [3.8, 4) is 0 Å². The molecule has 1 aliphatic carbocycles. The average molecular weight is 183 g/mol. The molecule has 0 spiro atoms. The zero-order chi connectivity index (χ0) is 9.53. The minimum atomic E-state index is -2.56. The molecule has 2 N–H and O–H groups in total. The van der Waals surface area contributed by atoms with Crippen LogP contribution in [0.5, 0.6) is 0 Å². The Morgan fingerprint density at radius 1 is 1.08 bits per heavy atom. The van der Waals surface area contributed by atoms with E-state index >= 15 is 0 Å². The van der Waals surface area contributed by atoms with Gasteiger partial charge >= 0.3 is 0 Å². The van der Waals surface area contributed by atoms with Crippen LogP contribution >= 0.6 is 0 Å². The first kappa shape index (κ1) is 8.63. The summed E-state index contributed by atoms with van der Waals surface area (Å²) >= 11 is 0. The van der Waals surface area contributed by atoms with Gasteiger partial charge in [-0.3, -0.25) is 0 Å². The van der Waals surface area contributed by atoms with Crippen LogP contribution in [0.4, 0.5) is 8.78 Å². The van der Waals surface area contributed by atoms with Gasteiger partial charge < -0.3 is 5.73 Å². The van der Waals surface area contributed by atoms with Crippen LogP contribution in [0.15, 0.2) is 30.3 Å². The van der Waals surface area contributed by atoms with Gasteiger partial charge in [0, 0.05) is 12.8 Å². The number of nitrogens with two attached hydrogens (primary N) is 1. The molecule has 0 aromatic heterocycles. The Bertz CT molecular complexity index is 300. The largest absolute Gasteiger partial charge is 0.321 e. The van der Waals surface area contributed by atoms with Gasteiger partial charge in [-0.25, -0.2) is 8.78 Å². The summed E-state index contributed by atoms with van der Waals surface area (Å²) in [5.41, 5.74) is 5.83. The number of hydrogen-bond donors (Lipinski definition) is 1. The van der Waals surface area contributed by atoms with Crippen molar-refractivity contribution in [2.45, 2.75) is 24.3 Å². The molecular weight excluding hydrogens is 172 g/mol. The van der Waals surface area contributed by atoms with E-state index in [1.54, 1.807) is 12.1 Å². The molecule has 0 bridgehead atoms. The molecule has 0 atom stereocenters. The fraction of sp³-hybridized carbons (Fsp3) is 0.400. The van der Waals surface area contributed by atoms with Gasteiger partial charge in [-0.2, -0.15) is 0 Å². The van der Waals surface area contributed by atoms with E-state index in [-0.39, 0.29) is 12.8 Å². The summed E-state index contributed by atoms with van der Waals surface area (Å²) in [6.07, 6.45) is -0.464. The molecule has 1 fully saturated rings. The van der Waals surface area contributed by atoms with Crippen LogP contribution in [0, 0.1) is 0 Å². The van der Waals surface area contributed by atoms with Gasteiger partial charge in [0.05, 0.1) is 5.54 Å². The number of benzene rings is 1. The van der Waals surface area contributed by atoms with Crippen LogP contribution in [-0.2, 0) is 5.54 Å². The summed E-state index contributed by atoms with van der Waals surface area (Å²) in [4.78, 5) is 0. The highest BCUT2D eigenvalue weighted by Gasteiger charge is 2.54. The SMILES string of the molecule is NC1(c2ccccc2)CC(F)(F)C1. The van der Waals surface area contributed by atoms with Crippen LogP contribution in [0.25, 0.3) is 0 Å². The molecule has 70 valence electrons. The van der Waals surface area contributed by atoms with Gasteiger partial charge in [-0.15, -0.1) is 0 Å². The zero-order valence-electron chi connectivity index (χ0n) is 7.13. The topological polar surface area (TPSA) is 26.0 Å². The van der Waals surface area contributed by atoms with Gasteiger partial charge in [0.25, 0.3) is 5.92 Å². The summed E-state index contributed by atoms with van der Waals surface area (Å²) in [6.45, 7) is 0. The molecule has 0 saturated heterocycles. The summed E-state index contributed by atoms with van der Waals surface area (Å²) < 4.78 is 25.3. The van der Waals surface area contributed by atoms with E-state index in [4.69, 9.17) is 5.73 Å². The van der Waals surface area contributed by atoms with Crippen molar-refractivity contribution in [1.82, 2.24) is 0 Å². The molecule has 1 aromatic carbocycles. The molecule has 3 heteroatoms. The van der Waals surface area contributed by atoms with E-state index in [1.165, 1.54) is 0 Å². The number of alkyl halides is 2. The van der Waals surface area contributed by atoms with Crippen molar-refractivity contribution < 1.29 is 8.78 Å². The maximum absolute atomic E-state index is 12.6. The number of rotatable bonds is 1. The number of halogens is 2. The van der Waals surface area contributed by atoms with Crippen LogP contribution in [0.3, 0.4) is 0 Å². The van der Waals surface area contributed by atoms with Crippen molar-refractivity contribution in [3.63, 3.8) is 0 Å². The molecule has 2 rings (SSSR count). The van der Waals surface area contributed by atoms with Gasteiger partial charge in [-0.1, -0.05) is 30.3 Å². The Labute approximate surface area is 75.6 Å². The highest BCUT2D eigenvalue weighted by molar-refractivity contribution is 5.28. The Morgan fingerprint density at radius 3 is 2.08 bits per heavy atom. The third kappa shape index (κ3) is 1.44. The fourth-order valence-electron chi connectivity index (χ4n) is 1.85. The molecule has 1 aromatic rings. The Hall–Kier alpha value is -0.960. The van der Waals surface area contributed by atoms with Gasteiger partial charge in [0.15, 0.2) is 0 Å². The van der Waals surface area contributed by atoms with Crippen LogP contribution in [0.1, 0.15) is 18.4 Å². The first-order valence-corrected chi connectivity index (χ1v) is 4.24. The Kier molecular flexibility index (Phi) is 1.67. The second-order valence-electron chi connectivity index (χ2n) is 3.73. The quantitative estimate of drug-likeness (QED) is 0.710. The van der Waals surface area contributed by atoms with E-state index < -0.39 is 11.5 Å². The standard InChI is InChI=1S/C10H11F2N/c11-10(12)6-9(13,7-10)8-4-2-1-3-5-8/h1-5H,6-7,13H2. The van der Waals surface area contributed by atoms with Gasteiger partial charge in [0.2, 0.25) is 0 Å². The molecular formula is C10H11F2N. The van der Waals surface area contributed by atoms with Gasteiger partial charge in [-0.05, 0) is 5.56 Å². The first-order valence-electron chi connectivity index (χ1n) is 4.24. The van der Waals surface area contributed by atoms with Crippen LogP contribution < -0.4 is 5.73 Å². The molecule has 1 aliphatic rings. The van der Waals surface area contributed by atoms with E-state index in [1.807, 2.05) is 18.2 Å². The average Bonchev–Trinajstić information content (AvgIpc) is 2.02. The lowest BCUT2D eigenvalue weighted by Crippen LogP contribution is -2.55. The highest BCUT2D eigenvalue weighted by atomic mass is 19.3. The molecule has 0 heterocycles. The maximum Gasteiger partial charge on any atom is 0.252 e. The lowest BCUT2D eigenvalue weighted by Gasteiger charge is -2.44. The minimum absolute atomic E-state index is 0.232. The van der Waals surface area contributed by atoms with Gasteiger partial charge in [0.1, 0.15) is 0 Å². The lowest BCUT2D eigenvalue weighted by molar-refractivity contribution is -0.125. The van der Waals surface area contributed by atoms with E-state index in [0.717, 1.165) is 5.56 Å². The predicted octanol–water partition coefficient (Wildman–Crippen LogP) is 2.27. The maximum atomic E-state index is 12.6. The molecule has 1 saturated carbocycles. The summed E-state index contributed by atoms with van der Waals surface area (Å²) in [6, 6.07) is 9.09. The highest BCUT2D eigenvalue weighted by Crippen LogP contribution is 2.49. The first-order chi connectivity index (χ1) is 6.02. The molecule has 0 unspecified atom stereocenters. The minimum Gasteiger partial charge on any atom is -0.321 e. The molecule has 13 heavy (non-hydrogen) atoms. The zero-order valence-corrected chi connectivity index (χ0v) is 7.13. The summed E-state index contributed by atoms with van der Waals surface area (Å²) in [7, 11) is 0. The summed E-state index contributed by atoms with van der Waals surface area (Å²) in [5.74, 6) is -2.56. The predicted molar refractivity (Wildman–Crippen MR) is 46.5 cm³/mol. The Morgan fingerprint density at radius 2 is 1.62 bits per heavy atom. The third-order valence-corrected chi connectivity index (χ3v) is 2.50. The fourth-order valence-corrected chi connectivity index (χ4v) is 1.85. The van der Waals surface area contributed by atoms with E-state index in [0.29, 0.717) is 0 Å². The monoisotopic (exact) mass is 183 g/mol. The van der Waals surface area contributed by atoms with Crippen molar-refractivity contribution in [1.29, 1.82) is 0 Å². The summed E-state index contributed by atoms with van der Waals surface area (Å²) in [5, 5.41) is 0. The lowest BCUT2D eigenvalue weighted by atomic mass is 9.70. The normalized spacial score (nSPS) is 23.6. The van der Waals surface area contributed by atoms with Crippen molar-refractivity contribution in [2.75, 3.05) is 0 Å². The third-order valence-electron chi connectivity index (χ3n) is 2.50. The second-order valence-corrected chi connectivity index (χ2v) is 3.73. The van der Waals surface area contributed by atoms with E-state index in [2.05, 4.69) is 0 Å². The molecule has 0 amide bonds. The van der Waals surface area contributed by atoms with Crippen LogP contribution in [-0.4, -0.2) is 5.92 Å². The molecule has 1 nitrogen and oxygen atoms in total. The van der Waals surface area contributed by atoms with E-state index in [9.17, 15) is 8.78 Å².